The zero-order valence-corrected chi connectivity index (χ0v) is 8.12. The second kappa shape index (κ2) is 372. The Morgan fingerprint density at radius 1 is 0.222 bits per heavy atom. The van der Waals surface area contributed by atoms with Gasteiger partial charge in [-0.25, -0.2) is 0 Å². The van der Waals surface area contributed by atoms with E-state index in [1.165, 1.54) is 0 Å². The van der Waals surface area contributed by atoms with E-state index in [2.05, 4.69) is 0 Å². The fraction of sp³-hybridized carbons (Fsp3) is 0. The summed E-state index contributed by atoms with van der Waals surface area (Å²) in [7, 11) is 0. The average molecular weight is 183 g/mol. The van der Waals surface area contributed by atoms with Crippen LogP contribution in [-0.2, 0) is 0 Å². The molecule has 0 aliphatic rings. The molecule has 0 aliphatic carbocycles. The Balaban J connectivity index is 0. The Hall–Kier alpha value is 1.32. The van der Waals surface area contributed by atoms with Crippen LogP contribution in [0.25, 0.3) is 0 Å². The second-order valence-electron chi connectivity index (χ2n) is 0. The molecular formula is H16KO8. The molecule has 8 nitrogen and oxygen atoms in total. The molecule has 0 fully saturated rings. The third-order valence-electron chi connectivity index (χ3n) is 0. The minimum absolute atomic E-state index is 0. The van der Waals surface area contributed by atoms with Crippen molar-refractivity contribution in [2.75, 3.05) is 0 Å². The fourth-order valence-electron chi connectivity index (χ4n) is 0. The quantitative estimate of drug-likeness (QED) is 0.317. The first-order valence-electron chi connectivity index (χ1n) is 0. The molecule has 0 aromatic rings. The minimum Gasteiger partial charge on any atom is -0.412 e. The van der Waals surface area contributed by atoms with E-state index in [1.54, 1.807) is 0 Å². The van der Waals surface area contributed by atoms with Crippen molar-refractivity contribution < 1.29 is 43.8 Å². The van der Waals surface area contributed by atoms with Crippen molar-refractivity contribution in [3.05, 3.63) is 0 Å². The SMILES string of the molecule is O.O.O.O.O.O.O.O.[K]. The maximum Gasteiger partial charge on any atom is 0 e. The van der Waals surface area contributed by atoms with E-state index >= 15 is 0 Å². The van der Waals surface area contributed by atoms with Crippen LogP contribution in [-0.4, -0.2) is 95.2 Å². The Bertz CT molecular complexity index is 4.53. The first-order chi connectivity index (χ1) is 0. The summed E-state index contributed by atoms with van der Waals surface area (Å²) < 4.78 is 0. The van der Waals surface area contributed by atoms with Crippen LogP contribution >= 0.6 is 0 Å². The molecule has 0 heterocycles. The van der Waals surface area contributed by atoms with E-state index in [9.17, 15) is 0 Å². The van der Waals surface area contributed by atoms with Gasteiger partial charge in [0.15, 0.2) is 0 Å². The van der Waals surface area contributed by atoms with Gasteiger partial charge in [-0.15, -0.1) is 0 Å². The van der Waals surface area contributed by atoms with Crippen LogP contribution in [0.4, 0.5) is 0 Å². The molecule has 9 heteroatoms. The molecule has 0 aromatic heterocycles. The Kier molecular flexibility index (Phi) is 21300. The number of hydrogen-bond acceptors (Lipinski definition) is 0. The van der Waals surface area contributed by atoms with E-state index in [0.717, 1.165) is 0 Å². The van der Waals surface area contributed by atoms with Crippen molar-refractivity contribution in [3.8, 4) is 0 Å². The first kappa shape index (κ1) is 517. The molecule has 0 aliphatic heterocycles. The third kappa shape index (κ3) is 288. The zero-order valence-electron chi connectivity index (χ0n) is 5.00. The van der Waals surface area contributed by atoms with Crippen LogP contribution in [0.2, 0.25) is 0 Å². The monoisotopic (exact) mass is 183 g/mol. The van der Waals surface area contributed by atoms with Crippen molar-refractivity contribution in [1.82, 2.24) is 0 Å². The van der Waals surface area contributed by atoms with Crippen LogP contribution in [0.5, 0.6) is 0 Å². The number of rotatable bonds is 0. The fourth-order valence-corrected chi connectivity index (χ4v) is 0. The summed E-state index contributed by atoms with van der Waals surface area (Å²) in [4.78, 5) is 0. The van der Waals surface area contributed by atoms with Crippen molar-refractivity contribution in [2.24, 2.45) is 0 Å². The normalized spacial score (nSPS) is 0. The number of hydrogen-bond donors (Lipinski definition) is 0. The molecule has 0 amide bonds. The van der Waals surface area contributed by atoms with E-state index in [1.807, 2.05) is 0 Å². The van der Waals surface area contributed by atoms with E-state index in [-0.39, 0.29) is 95.2 Å². The summed E-state index contributed by atoms with van der Waals surface area (Å²) in [6, 6.07) is 0. The maximum atomic E-state index is 0. The molecule has 0 aromatic carbocycles. The zero-order chi connectivity index (χ0) is 0. The van der Waals surface area contributed by atoms with Crippen LogP contribution in [0.3, 0.4) is 0 Å². The summed E-state index contributed by atoms with van der Waals surface area (Å²) in [5, 5.41) is 0. The molecule has 0 spiro atoms. The molecule has 0 unspecified atom stereocenters. The molecule has 0 saturated heterocycles. The van der Waals surface area contributed by atoms with Gasteiger partial charge < -0.3 is 43.8 Å². The molecule has 0 bridgehead atoms. The minimum atomic E-state index is 0. The predicted octanol–water partition coefficient (Wildman–Crippen LogP) is -6.98. The largest absolute Gasteiger partial charge is 0.412 e. The van der Waals surface area contributed by atoms with Crippen LogP contribution in [0.1, 0.15) is 0 Å². The predicted molar refractivity (Wildman–Crippen MR) is 34.7 cm³/mol. The smallest absolute Gasteiger partial charge is 0 e. The van der Waals surface area contributed by atoms with E-state index < -0.39 is 0 Å². The van der Waals surface area contributed by atoms with Gasteiger partial charge in [-0.2, -0.15) is 0 Å². The second-order valence-corrected chi connectivity index (χ2v) is 0. The molecular weight excluding hydrogens is 167 g/mol. The van der Waals surface area contributed by atoms with Crippen molar-refractivity contribution in [2.45, 2.75) is 0 Å². The molecule has 1 radical (unpaired) electrons. The van der Waals surface area contributed by atoms with Crippen LogP contribution < -0.4 is 0 Å². The van der Waals surface area contributed by atoms with Gasteiger partial charge in [-0.3, -0.25) is 0 Å². The first-order valence-corrected chi connectivity index (χ1v) is 0. The molecule has 16 N–H and O–H groups in total. The Morgan fingerprint density at radius 2 is 0.222 bits per heavy atom. The molecule has 0 saturated carbocycles. The maximum absolute atomic E-state index is 0. The molecule has 0 atom stereocenters. The summed E-state index contributed by atoms with van der Waals surface area (Å²) >= 11 is 0. The van der Waals surface area contributed by atoms with Gasteiger partial charge in [-0.1, -0.05) is 0 Å². The average Bonchev–Trinajstić information content (AvgIpc) is 0. The molecule has 0 rings (SSSR count). The Morgan fingerprint density at radius 3 is 0.222 bits per heavy atom. The standard InChI is InChI=1S/K.8H2O/h;8*1H2. The summed E-state index contributed by atoms with van der Waals surface area (Å²) in [5.41, 5.74) is 0. The molecule has 9 heavy (non-hydrogen) atoms. The van der Waals surface area contributed by atoms with E-state index in [4.69, 9.17) is 0 Å². The Labute approximate surface area is 94.1 Å². The van der Waals surface area contributed by atoms with Crippen molar-refractivity contribution in [3.63, 3.8) is 0 Å². The summed E-state index contributed by atoms with van der Waals surface area (Å²) in [6.07, 6.45) is 0. The summed E-state index contributed by atoms with van der Waals surface area (Å²) in [5.74, 6) is 0. The van der Waals surface area contributed by atoms with Gasteiger partial charge in [0, 0.05) is 51.4 Å². The van der Waals surface area contributed by atoms with E-state index in [0.29, 0.717) is 0 Å². The van der Waals surface area contributed by atoms with Gasteiger partial charge in [0.05, 0.1) is 0 Å². The molecule has 65 valence electrons. The third-order valence-corrected chi connectivity index (χ3v) is 0. The topological polar surface area (TPSA) is 252 Å². The van der Waals surface area contributed by atoms with Gasteiger partial charge in [0.1, 0.15) is 0 Å². The van der Waals surface area contributed by atoms with Gasteiger partial charge in [0.25, 0.3) is 0 Å². The van der Waals surface area contributed by atoms with Gasteiger partial charge >= 0.3 is 0 Å². The van der Waals surface area contributed by atoms with Crippen molar-refractivity contribution in [1.29, 1.82) is 0 Å². The van der Waals surface area contributed by atoms with Crippen LogP contribution in [0, 0.1) is 0 Å². The van der Waals surface area contributed by atoms with Gasteiger partial charge in [-0.05, 0) is 0 Å². The van der Waals surface area contributed by atoms with Gasteiger partial charge in [0.2, 0.25) is 0 Å². The summed E-state index contributed by atoms with van der Waals surface area (Å²) in [6.45, 7) is 0. The van der Waals surface area contributed by atoms with Crippen LogP contribution in [0.15, 0.2) is 0 Å². The van der Waals surface area contributed by atoms with Crippen molar-refractivity contribution >= 4 is 51.4 Å².